The maximum Gasteiger partial charge on any atom is 0.350 e. The number of hydrogen-bond donors (Lipinski definition) is 1. The van der Waals surface area contributed by atoms with Gasteiger partial charge in [-0.25, -0.2) is 4.79 Å². The molecule has 0 fully saturated rings. The van der Waals surface area contributed by atoms with Crippen LogP contribution in [-0.2, 0) is 14.3 Å². The molecule has 1 amide bonds. The van der Waals surface area contributed by atoms with Crippen LogP contribution in [0.1, 0.15) is 100 Å². The summed E-state index contributed by atoms with van der Waals surface area (Å²) in [5, 5.41) is 4.59. The Bertz CT molecular complexity index is 1520. The van der Waals surface area contributed by atoms with Crippen molar-refractivity contribution in [2.24, 2.45) is 0 Å². The fraction of sp³-hybridized carbons (Fsp3) is 0.405. The summed E-state index contributed by atoms with van der Waals surface area (Å²) in [6, 6.07) is 17.1. The zero-order chi connectivity index (χ0) is 33.3. The third-order valence-corrected chi connectivity index (χ3v) is 9.47. The van der Waals surface area contributed by atoms with Gasteiger partial charge < -0.3 is 14.8 Å². The number of carbonyl (C=O) groups excluding carboxylic acids is 2. The van der Waals surface area contributed by atoms with Crippen LogP contribution < -0.4 is 10.1 Å². The lowest BCUT2D eigenvalue weighted by Crippen LogP contribution is -2.44. The molecule has 0 aliphatic heterocycles. The monoisotopic (exact) mass is 671 g/mol. The summed E-state index contributed by atoms with van der Waals surface area (Å²) in [6.45, 7) is 12.3. The highest BCUT2D eigenvalue weighted by Crippen LogP contribution is 2.52. The van der Waals surface area contributed by atoms with Crippen molar-refractivity contribution in [3.8, 4) is 5.75 Å². The molecule has 0 saturated heterocycles. The van der Waals surface area contributed by atoms with Crippen LogP contribution in [-0.4, -0.2) is 25.1 Å². The van der Waals surface area contributed by atoms with Gasteiger partial charge in [-0.05, 0) is 122 Å². The number of anilines is 1. The fourth-order valence-electron chi connectivity index (χ4n) is 6.37. The number of allylic oxidation sites excluding steroid dienone is 2. The quantitative estimate of drug-likeness (QED) is 0.0991. The van der Waals surface area contributed by atoms with Gasteiger partial charge in [0.05, 0.1) is 7.11 Å². The standard InChI is InChI=1S/C37H44Cl3NO4/c1-8-11-23(4)18-32(31-20-27(39)15-17-34(31)45-37(9-2,10-3)36(43)44-7)35(25(6)30-19-26(38)13-12-24(30)5)29-16-14-28(40)21-33(29)41-22-42/h11-17,19-22,25,32,35H,8-10,18H2,1-7H3,(H,41,42). The summed E-state index contributed by atoms with van der Waals surface area (Å²) < 4.78 is 11.9. The first kappa shape index (κ1) is 36.5. The molecule has 3 rings (SSSR count). The average molecular weight is 673 g/mol. The third-order valence-electron chi connectivity index (χ3n) is 8.76. The number of nitrogens with one attached hydrogen (secondary N) is 1. The van der Waals surface area contributed by atoms with Crippen molar-refractivity contribution in [2.75, 3.05) is 12.4 Å². The summed E-state index contributed by atoms with van der Waals surface area (Å²) in [6.07, 6.45) is 5.26. The summed E-state index contributed by atoms with van der Waals surface area (Å²) >= 11 is 19.7. The third kappa shape index (κ3) is 8.64. The first-order chi connectivity index (χ1) is 21.4. The number of hydrogen-bond acceptors (Lipinski definition) is 4. The molecule has 0 aromatic heterocycles. The molecule has 0 spiro atoms. The van der Waals surface area contributed by atoms with Crippen LogP contribution in [0.5, 0.6) is 5.75 Å². The smallest absolute Gasteiger partial charge is 0.350 e. The summed E-state index contributed by atoms with van der Waals surface area (Å²) in [4.78, 5) is 25.0. The SMILES string of the molecule is CCC=C(C)CC(c1cc(Cl)ccc1OC(CC)(CC)C(=O)OC)C(c1ccc(Cl)cc1NC=O)C(C)c1cc(Cl)ccc1C. The molecule has 45 heavy (non-hydrogen) atoms. The zero-order valence-electron chi connectivity index (χ0n) is 27.2. The summed E-state index contributed by atoms with van der Waals surface area (Å²) in [7, 11) is 1.38. The number of aryl methyl sites for hydroxylation is 1. The Balaban J connectivity index is 2.43. The predicted molar refractivity (Wildman–Crippen MR) is 187 cm³/mol. The number of amides is 1. The molecule has 3 atom stereocenters. The van der Waals surface area contributed by atoms with Gasteiger partial charge >= 0.3 is 5.97 Å². The van der Waals surface area contributed by atoms with Crippen molar-refractivity contribution in [2.45, 2.75) is 90.6 Å². The van der Waals surface area contributed by atoms with E-state index in [-0.39, 0.29) is 17.8 Å². The number of rotatable bonds is 15. The Morgan fingerprint density at radius 1 is 0.911 bits per heavy atom. The van der Waals surface area contributed by atoms with Gasteiger partial charge in [0, 0.05) is 20.8 Å². The first-order valence-electron chi connectivity index (χ1n) is 15.4. The molecule has 3 unspecified atom stereocenters. The Labute approximate surface area is 283 Å². The second-order valence-corrected chi connectivity index (χ2v) is 12.9. The lowest BCUT2D eigenvalue weighted by molar-refractivity contribution is -0.160. The largest absolute Gasteiger partial charge is 0.475 e. The number of esters is 1. The minimum atomic E-state index is -1.18. The van der Waals surface area contributed by atoms with Crippen molar-refractivity contribution in [3.05, 3.63) is 104 Å². The van der Waals surface area contributed by atoms with E-state index in [9.17, 15) is 9.59 Å². The number of methoxy groups -OCH3 is 1. The van der Waals surface area contributed by atoms with Crippen LogP contribution in [0, 0.1) is 6.92 Å². The van der Waals surface area contributed by atoms with Crippen molar-refractivity contribution in [3.63, 3.8) is 0 Å². The maximum atomic E-state index is 13.1. The van der Waals surface area contributed by atoms with Crippen LogP contribution in [0.4, 0.5) is 5.69 Å². The lowest BCUT2D eigenvalue weighted by atomic mass is 9.69. The number of carbonyl (C=O) groups is 2. The van der Waals surface area contributed by atoms with Crippen molar-refractivity contribution < 1.29 is 19.1 Å². The molecule has 5 nitrogen and oxygen atoms in total. The Morgan fingerprint density at radius 2 is 1.51 bits per heavy atom. The minimum absolute atomic E-state index is 0.0916. The van der Waals surface area contributed by atoms with Gasteiger partial charge in [-0.2, -0.15) is 0 Å². The molecule has 1 N–H and O–H groups in total. The molecule has 242 valence electrons. The topological polar surface area (TPSA) is 64.6 Å². The first-order valence-corrected chi connectivity index (χ1v) is 16.6. The second kappa shape index (κ2) is 16.5. The van der Waals surface area contributed by atoms with Gasteiger partial charge in [-0.1, -0.05) is 86.3 Å². The van der Waals surface area contributed by atoms with E-state index >= 15 is 0 Å². The second-order valence-electron chi connectivity index (χ2n) is 11.6. The molecule has 0 aliphatic carbocycles. The molecule has 8 heteroatoms. The normalized spacial score (nSPS) is 14.0. The van der Waals surface area contributed by atoms with Gasteiger partial charge in [0.25, 0.3) is 0 Å². The molecule has 3 aromatic rings. The van der Waals surface area contributed by atoms with E-state index in [1.165, 1.54) is 12.7 Å². The van der Waals surface area contributed by atoms with E-state index in [1.54, 1.807) is 12.1 Å². The number of halogens is 3. The highest BCUT2D eigenvalue weighted by Gasteiger charge is 2.41. The van der Waals surface area contributed by atoms with Gasteiger partial charge in [-0.15, -0.1) is 0 Å². The highest BCUT2D eigenvalue weighted by atomic mass is 35.5. The van der Waals surface area contributed by atoms with Gasteiger partial charge in [0.15, 0.2) is 0 Å². The van der Waals surface area contributed by atoms with Gasteiger partial charge in [0.2, 0.25) is 12.0 Å². The Hall–Kier alpha value is -2.99. The highest BCUT2D eigenvalue weighted by molar-refractivity contribution is 6.31. The zero-order valence-corrected chi connectivity index (χ0v) is 29.4. The summed E-state index contributed by atoms with van der Waals surface area (Å²) in [5.41, 5.74) is 4.57. The van der Waals surface area contributed by atoms with Crippen LogP contribution in [0.3, 0.4) is 0 Å². The maximum absolute atomic E-state index is 13.1. The average Bonchev–Trinajstić information content (AvgIpc) is 3.02. The molecule has 0 heterocycles. The van der Waals surface area contributed by atoms with Gasteiger partial charge in [-0.3, -0.25) is 4.79 Å². The Kier molecular flexibility index (Phi) is 13.4. The lowest BCUT2D eigenvalue weighted by Gasteiger charge is -2.37. The predicted octanol–water partition coefficient (Wildman–Crippen LogP) is 11.1. The molecule has 3 aromatic carbocycles. The molecular formula is C37H44Cl3NO4. The van der Waals surface area contributed by atoms with Crippen LogP contribution in [0.15, 0.2) is 66.2 Å². The van der Waals surface area contributed by atoms with E-state index in [2.05, 4.69) is 39.1 Å². The van der Waals surface area contributed by atoms with E-state index in [0.717, 1.165) is 28.7 Å². The van der Waals surface area contributed by atoms with E-state index in [0.29, 0.717) is 52.2 Å². The Morgan fingerprint density at radius 3 is 2.11 bits per heavy atom. The van der Waals surface area contributed by atoms with Crippen LogP contribution >= 0.6 is 34.8 Å². The van der Waals surface area contributed by atoms with E-state index in [4.69, 9.17) is 44.3 Å². The molecule has 0 aliphatic rings. The summed E-state index contributed by atoms with van der Waals surface area (Å²) in [5.74, 6) is -0.402. The minimum Gasteiger partial charge on any atom is -0.475 e. The number of benzene rings is 3. The fourth-order valence-corrected chi connectivity index (χ4v) is 6.90. The van der Waals surface area contributed by atoms with Crippen LogP contribution in [0.2, 0.25) is 15.1 Å². The van der Waals surface area contributed by atoms with Crippen molar-refractivity contribution in [1.82, 2.24) is 0 Å². The van der Waals surface area contributed by atoms with Gasteiger partial charge in [0.1, 0.15) is 5.75 Å². The molecule has 0 saturated carbocycles. The molecule has 0 radical (unpaired) electrons. The van der Waals surface area contributed by atoms with E-state index in [1.807, 2.05) is 56.3 Å². The molecule has 0 bridgehead atoms. The van der Waals surface area contributed by atoms with Crippen molar-refractivity contribution in [1.29, 1.82) is 0 Å². The van der Waals surface area contributed by atoms with E-state index < -0.39 is 11.6 Å². The molecular weight excluding hydrogens is 629 g/mol. The van der Waals surface area contributed by atoms with Crippen LogP contribution in [0.25, 0.3) is 0 Å². The number of ether oxygens (including phenoxy) is 2. The van der Waals surface area contributed by atoms with Crippen molar-refractivity contribution >= 4 is 52.9 Å².